The number of ether oxygens (including phenoxy) is 1. The average Bonchev–Trinajstić information content (AvgIpc) is 3.34. The zero-order chi connectivity index (χ0) is 22.4. The number of rotatable bonds is 4. The van der Waals surface area contributed by atoms with Crippen LogP contribution in [0.15, 0.2) is 58.3 Å². The van der Waals surface area contributed by atoms with Crippen molar-refractivity contribution >= 4 is 11.6 Å². The molecule has 2 N–H and O–H groups in total. The lowest BCUT2D eigenvalue weighted by atomic mass is 10.0. The Morgan fingerprint density at radius 1 is 1.12 bits per heavy atom. The molecule has 3 aromatic heterocycles. The van der Waals surface area contributed by atoms with E-state index < -0.39 is 0 Å². The summed E-state index contributed by atoms with van der Waals surface area (Å²) in [4.78, 5) is 29.8. The van der Waals surface area contributed by atoms with Crippen molar-refractivity contribution in [3.63, 3.8) is 0 Å². The van der Waals surface area contributed by atoms with E-state index in [1.807, 2.05) is 30.3 Å². The van der Waals surface area contributed by atoms with E-state index in [1.165, 1.54) is 19.7 Å². The fourth-order valence-electron chi connectivity index (χ4n) is 4.19. The Morgan fingerprint density at radius 2 is 1.91 bits per heavy atom. The van der Waals surface area contributed by atoms with Gasteiger partial charge in [-0.25, -0.2) is 18.9 Å². The van der Waals surface area contributed by atoms with Crippen molar-refractivity contribution in [1.29, 1.82) is 0 Å². The SMILES string of the molecule is C[C@@H]1CCO[C@H]1Cn1nc2c(-c3ccc(=O)n(C)c3)c(-c3ccccc3)nc(N)n2c1=O. The lowest BCUT2D eigenvalue weighted by molar-refractivity contribution is 0.0759. The van der Waals surface area contributed by atoms with Crippen LogP contribution in [-0.2, 0) is 18.3 Å². The largest absolute Gasteiger partial charge is 0.376 e. The van der Waals surface area contributed by atoms with Crippen LogP contribution in [-0.4, -0.2) is 36.4 Å². The molecule has 1 aromatic carbocycles. The zero-order valence-corrected chi connectivity index (χ0v) is 17.9. The second-order valence-electron chi connectivity index (χ2n) is 8.23. The van der Waals surface area contributed by atoms with Gasteiger partial charge in [0.1, 0.15) is 0 Å². The summed E-state index contributed by atoms with van der Waals surface area (Å²) in [5.74, 6) is 0.397. The number of anilines is 1. The van der Waals surface area contributed by atoms with Gasteiger partial charge in [-0.2, -0.15) is 0 Å². The summed E-state index contributed by atoms with van der Waals surface area (Å²) in [7, 11) is 1.68. The van der Waals surface area contributed by atoms with Gasteiger partial charge in [0.25, 0.3) is 0 Å². The number of aryl methyl sites for hydroxylation is 1. The summed E-state index contributed by atoms with van der Waals surface area (Å²) < 4.78 is 10.0. The summed E-state index contributed by atoms with van der Waals surface area (Å²) >= 11 is 0. The molecular formula is C23H24N6O3. The number of fused-ring (bicyclic) bond motifs is 1. The van der Waals surface area contributed by atoms with Crippen molar-refractivity contribution in [2.45, 2.75) is 26.0 Å². The van der Waals surface area contributed by atoms with Gasteiger partial charge in [0, 0.05) is 37.0 Å². The summed E-state index contributed by atoms with van der Waals surface area (Å²) in [6.07, 6.45) is 2.59. The molecule has 0 amide bonds. The molecule has 0 saturated carbocycles. The third kappa shape index (κ3) is 3.31. The van der Waals surface area contributed by atoms with Gasteiger partial charge in [-0.15, -0.1) is 5.10 Å². The Kier molecular flexibility index (Phi) is 4.90. The quantitative estimate of drug-likeness (QED) is 0.528. The highest BCUT2D eigenvalue weighted by Crippen LogP contribution is 2.34. The number of hydrogen-bond acceptors (Lipinski definition) is 6. The summed E-state index contributed by atoms with van der Waals surface area (Å²) in [6, 6.07) is 12.8. The topological polar surface area (TPSA) is 109 Å². The van der Waals surface area contributed by atoms with Crippen molar-refractivity contribution in [2.75, 3.05) is 12.3 Å². The number of nitrogens with two attached hydrogens (primary N) is 1. The minimum atomic E-state index is -0.363. The van der Waals surface area contributed by atoms with Gasteiger partial charge in [0.15, 0.2) is 5.65 Å². The fraction of sp³-hybridized carbons (Fsp3) is 0.304. The first-order valence-electron chi connectivity index (χ1n) is 10.6. The lowest BCUT2D eigenvalue weighted by Crippen LogP contribution is -2.30. The van der Waals surface area contributed by atoms with E-state index in [0.717, 1.165) is 12.0 Å². The van der Waals surface area contributed by atoms with Crippen LogP contribution in [0.1, 0.15) is 13.3 Å². The van der Waals surface area contributed by atoms with Gasteiger partial charge < -0.3 is 15.0 Å². The first-order chi connectivity index (χ1) is 15.4. The maximum Gasteiger partial charge on any atom is 0.353 e. The Labute approximate surface area is 183 Å². The molecule has 0 aliphatic carbocycles. The van der Waals surface area contributed by atoms with Crippen molar-refractivity contribution in [3.05, 3.63) is 69.5 Å². The monoisotopic (exact) mass is 432 g/mol. The fourth-order valence-corrected chi connectivity index (χ4v) is 4.19. The van der Waals surface area contributed by atoms with Crippen LogP contribution >= 0.6 is 0 Å². The van der Waals surface area contributed by atoms with Crippen LogP contribution in [0.25, 0.3) is 28.0 Å². The molecule has 0 radical (unpaired) electrons. The third-order valence-corrected chi connectivity index (χ3v) is 6.07. The molecule has 5 rings (SSSR count). The molecule has 4 aromatic rings. The molecule has 1 aliphatic rings. The summed E-state index contributed by atoms with van der Waals surface area (Å²) in [5.41, 5.74) is 8.93. The number of aromatic nitrogens is 5. The molecule has 1 aliphatic heterocycles. The van der Waals surface area contributed by atoms with Crippen molar-refractivity contribution in [3.8, 4) is 22.4 Å². The standard InChI is InChI=1S/C23H24N6O3/c1-14-10-11-32-17(14)13-28-23(31)29-21(26-28)19(16-8-9-18(30)27(2)12-16)20(25-22(29)24)15-6-4-3-5-7-15/h3-9,12,14,17H,10-11,13H2,1-2H3,(H2,24,25)/t14-,17+/m1/s1. The van der Waals surface area contributed by atoms with E-state index in [2.05, 4.69) is 17.0 Å². The lowest BCUT2D eigenvalue weighted by Gasteiger charge is -2.13. The summed E-state index contributed by atoms with van der Waals surface area (Å²) in [6.45, 7) is 3.13. The predicted molar refractivity (Wildman–Crippen MR) is 121 cm³/mol. The third-order valence-electron chi connectivity index (χ3n) is 6.07. The highest BCUT2D eigenvalue weighted by atomic mass is 16.5. The first kappa shape index (κ1) is 20.2. The number of hydrogen-bond donors (Lipinski definition) is 1. The zero-order valence-electron chi connectivity index (χ0n) is 17.9. The highest BCUT2D eigenvalue weighted by Gasteiger charge is 2.27. The van der Waals surface area contributed by atoms with Crippen LogP contribution in [0, 0.1) is 5.92 Å². The molecule has 0 bridgehead atoms. The van der Waals surface area contributed by atoms with Crippen LogP contribution in [0.5, 0.6) is 0 Å². The molecule has 2 atom stereocenters. The van der Waals surface area contributed by atoms with E-state index in [1.54, 1.807) is 19.3 Å². The van der Waals surface area contributed by atoms with Gasteiger partial charge in [-0.3, -0.25) is 4.79 Å². The van der Waals surface area contributed by atoms with Gasteiger partial charge >= 0.3 is 5.69 Å². The van der Waals surface area contributed by atoms with Crippen molar-refractivity contribution in [1.82, 2.24) is 23.7 Å². The van der Waals surface area contributed by atoms with E-state index in [-0.39, 0.29) is 23.3 Å². The van der Waals surface area contributed by atoms with Crippen LogP contribution in [0.3, 0.4) is 0 Å². The molecule has 0 unspecified atom stereocenters. The van der Waals surface area contributed by atoms with E-state index in [4.69, 9.17) is 10.5 Å². The molecule has 32 heavy (non-hydrogen) atoms. The number of pyridine rings is 1. The van der Waals surface area contributed by atoms with E-state index in [0.29, 0.717) is 41.5 Å². The maximum atomic E-state index is 13.2. The second-order valence-corrected chi connectivity index (χ2v) is 8.23. The number of nitrogen functional groups attached to an aromatic ring is 1. The Balaban J connectivity index is 1.79. The Morgan fingerprint density at radius 3 is 2.59 bits per heavy atom. The maximum absolute atomic E-state index is 13.2. The van der Waals surface area contributed by atoms with Gasteiger partial charge in [0.05, 0.1) is 23.9 Å². The van der Waals surface area contributed by atoms with Gasteiger partial charge in [-0.1, -0.05) is 37.3 Å². The Bertz CT molecular complexity index is 1420. The molecule has 0 spiro atoms. The highest BCUT2D eigenvalue weighted by molar-refractivity contribution is 5.90. The normalized spacial score (nSPS) is 18.4. The molecule has 1 saturated heterocycles. The second kappa shape index (κ2) is 7.76. The first-order valence-corrected chi connectivity index (χ1v) is 10.6. The molecule has 4 heterocycles. The smallest absolute Gasteiger partial charge is 0.353 e. The van der Waals surface area contributed by atoms with Crippen LogP contribution < -0.4 is 17.0 Å². The van der Waals surface area contributed by atoms with Gasteiger partial charge in [0.2, 0.25) is 11.5 Å². The van der Waals surface area contributed by atoms with Crippen LogP contribution in [0.2, 0.25) is 0 Å². The minimum Gasteiger partial charge on any atom is -0.376 e. The molecule has 1 fully saturated rings. The minimum absolute atomic E-state index is 0.0593. The predicted octanol–water partition coefficient (Wildman–Crippen LogP) is 1.93. The van der Waals surface area contributed by atoms with E-state index >= 15 is 0 Å². The van der Waals surface area contributed by atoms with Crippen LogP contribution in [0.4, 0.5) is 5.95 Å². The molecule has 164 valence electrons. The molecule has 9 nitrogen and oxygen atoms in total. The molecule has 9 heteroatoms. The van der Waals surface area contributed by atoms with Gasteiger partial charge in [-0.05, 0) is 18.4 Å². The Hall–Kier alpha value is -3.72. The van der Waals surface area contributed by atoms with E-state index in [9.17, 15) is 9.59 Å². The van der Waals surface area contributed by atoms with Crippen molar-refractivity contribution in [2.24, 2.45) is 13.0 Å². The average molecular weight is 432 g/mol. The number of nitrogens with zero attached hydrogens (tertiary/aromatic N) is 5. The molecular weight excluding hydrogens is 408 g/mol. The summed E-state index contributed by atoms with van der Waals surface area (Å²) in [5, 5.41) is 4.67. The van der Waals surface area contributed by atoms with Crippen molar-refractivity contribution < 1.29 is 4.74 Å². The number of benzene rings is 1.